The van der Waals surface area contributed by atoms with Crippen molar-refractivity contribution in [3.8, 4) is 0 Å². The first kappa shape index (κ1) is 72.6. The first-order chi connectivity index (χ1) is 43.7. The van der Waals surface area contributed by atoms with E-state index in [2.05, 4.69) is 54.5 Å². The lowest BCUT2D eigenvalue weighted by Gasteiger charge is -2.77. The molecule has 17 aliphatic rings. The predicted molar refractivity (Wildman–Crippen MR) is 316 cm³/mol. The van der Waals surface area contributed by atoms with Crippen molar-refractivity contribution in [2.24, 2.45) is 49.2 Å². The molecule has 0 unspecified atom stereocenters. The van der Waals surface area contributed by atoms with E-state index in [0.717, 1.165) is 12.5 Å². The number of allylic oxidation sites excluding steroid dienone is 2. The van der Waals surface area contributed by atoms with Crippen molar-refractivity contribution in [3.63, 3.8) is 0 Å². The first-order valence-electron chi connectivity index (χ1n) is 33.3. The summed E-state index contributed by atoms with van der Waals surface area (Å²) in [5.74, 6) is -3.54. The van der Waals surface area contributed by atoms with Gasteiger partial charge in [0, 0.05) is 17.3 Å². The number of esters is 2. The zero-order valence-corrected chi connectivity index (χ0v) is 55.1. The molecule has 12 bridgehead atoms. The van der Waals surface area contributed by atoms with Gasteiger partial charge in [-0.2, -0.15) is 0 Å². The molecule has 1 spiro atoms. The molecular weight excluding hydrogens is 1240 g/mol. The van der Waals surface area contributed by atoms with Crippen LogP contribution in [-0.2, 0) is 66.5 Å². The summed E-state index contributed by atoms with van der Waals surface area (Å²) in [5.41, 5.74) is -7.72. The van der Waals surface area contributed by atoms with Crippen molar-refractivity contribution in [2.45, 2.75) is 299 Å². The lowest BCUT2D eigenvalue weighted by atomic mass is 9.27. The molecule has 94 heavy (non-hydrogen) atoms. The molecule has 8 saturated heterocycles. The van der Waals surface area contributed by atoms with E-state index >= 15 is 4.79 Å². The summed E-state index contributed by atoms with van der Waals surface area (Å²) < 4.78 is 67.3. The van der Waals surface area contributed by atoms with Crippen LogP contribution in [0.3, 0.4) is 0 Å². The Morgan fingerprint density at radius 2 is 1.20 bits per heavy atom. The molecule has 0 aromatic rings. The highest BCUT2D eigenvalue weighted by Crippen LogP contribution is 2.82. The number of carbonyl (C=O) groups is 3. The molecule has 34 atom stereocenters. The maximum Gasteiger partial charge on any atom is 0.315 e. The Balaban J connectivity index is 0.998. The molecule has 0 aromatic carbocycles. The summed E-state index contributed by atoms with van der Waals surface area (Å²) >= 11 is 0. The second-order valence-corrected chi connectivity index (χ2v) is 31.9. The van der Waals surface area contributed by atoms with Crippen LogP contribution in [0.15, 0.2) is 11.6 Å². The van der Waals surface area contributed by atoms with Crippen LogP contribution in [-0.4, -0.2) is 280 Å². The van der Waals surface area contributed by atoms with Crippen LogP contribution in [0.5, 0.6) is 0 Å². The summed E-state index contributed by atoms with van der Waals surface area (Å²) in [6, 6.07) is 0. The lowest BCUT2D eigenvalue weighted by molar-refractivity contribution is -0.383. The molecule has 15 N–H and O–H groups in total. The SMILES string of the molecule is C[C@H]1O[C@H]2O[C@H]3[C@@H](OC[C@@H](O)[C@@H]3O)OC(=O)[C@]34CCC(C)(C)C[C@@]3(C)C3=CC[C@@]5(C)[C@@](C)(CC[C@@H]6[C@](C)(CO)[C@@H](O[C@@H]7O[C@H](CO)[C@@H](O)[C@H](O)[C@H]7O[C@@H]7O[C@@H](C(=O)C[C@](C)(O)CC(=O)O[C@@H]1[C@@H](O[C@@H]1OC[C@@H](O)[C@H](O)[C@H]1O)[C@H]2O)[C@@H](O)[C@H](O)[C@H]7O)[C@@H](O)C[C@@]65C)[C@]3(C)CC4. The molecule has 12 heterocycles. The number of ketones is 1. The van der Waals surface area contributed by atoms with Crippen LogP contribution >= 0.6 is 0 Å². The number of aliphatic hydroxyl groups is 15. The van der Waals surface area contributed by atoms with E-state index in [0.29, 0.717) is 51.4 Å². The van der Waals surface area contributed by atoms with Crippen molar-refractivity contribution in [1.29, 1.82) is 0 Å². The summed E-state index contributed by atoms with van der Waals surface area (Å²) in [5, 5.41) is 172. The van der Waals surface area contributed by atoms with Crippen LogP contribution < -0.4 is 0 Å². The Labute approximate surface area is 545 Å². The van der Waals surface area contributed by atoms with Gasteiger partial charge in [-0.05, 0) is 105 Å². The first-order valence-corrected chi connectivity index (χ1v) is 33.3. The monoisotopic (exact) mass is 1350 g/mol. The van der Waals surface area contributed by atoms with Gasteiger partial charge >= 0.3 is 11.9 Å². The Kier molecular flexibility index (Phi) is 19.7. The Bertz CT molecular complexity index is 2830. The summed E-state index contributed by atoms with van der Waals surface area (Å²) in [4.78, 5) is 44.3. The van der Waals surface area contributed by atoms with E-state index in [-0.39, 0.29) is 11.8 Å². The maximum atomic E-state index is 15.9. The number of Topliss-reactive ketones (excluding diaryl/α,β-unsaturated/α-hetero) is 1. The van der Waals surface area contributed by atoms with Gasteiger partial charge in [-0.25, -0.2) is 0 Å². The highest BCUT2D eigenvalue weighted by molar-refractivity contribution is 5.86. The molecule has 536 valence electrons. The number of aliphatic hydroxyl groups excluding tert-OH is 14. The van der Waals surface area contributed by atoms with E-state index in [4.69, 9.17) is 52.1 Å². The third kappa shape index (κ3) is 11.4. The molecule has 4 saturated carbocycles. The van der Waals surface area contributed by atoms with Crippen LogP contribution in [0.1, 0.15) is 140 Å². The van der Waals surface area contributed by atoms with Crippen LogP contribution in [0.25, 0.3) is 0 Å². The summed E-state index contributed by atoms with van der Waals surface area (Å²) in [6.45, 7) is 17.0. The van der Waals surface area contributed by atoms with E-state index < -0.39 is 260 Å². The molecule has 0 radical (unpaired) electrons. The zero-order chi connectivity index (χ0) is 68.9. The molecule has 0 amide bonds. The van der Waals surface area contributed by atoms with E-state index in [9.17, 15) is 86.2 Å². The second-order valence-electron chi connectivity index (χ2n) is 31.9. The predicted octanol–water partition coefficient (Wildman–Crippen LogP) is -2.51. The van der Waals surface area contributed by atoms with Gasteiger partial charge in [0.1, 0.15) is 91.6 Å². The fraction of sp³-hybridized carbons (Fsp3) is 0.923. The third-order valence-corrected chi connectivity index (χ3v) is 25.7. The van der Waals surface area contributed by atoms with Crippen LogP contribution in [0.2, 0.25) is 0 Å². The van der Waals surface area contributed by atoms with Crippen molar-refractivity contribution >= 4 is 17.7 Å². The van der Waals surface area contributed by atoms with Crippen molar-refractivity contribution in [3.05, 3.63) is 11.6 Å². The van der Waals surface area contributed by atoms with Gasteiger partial charge in [0.05, 0.1) is 62.2 Å². The molecule has 12 fully saturated rings. The quantitative estimate of drug-likeness (QED) is 0.0785. The largest absolute Gasteiger partial charge is 0.457 e. The molecule has 17 rings (SSSR count). The second kappa shape index (κ2) is 25.5. The van der Waals surface area contributed by atoms with Crippen molar-refractivity contribution in [1.82, 2.24) is 0 Å². The van der Waals surface area contributed by atoms with E-state index in [1.165, 1.54) is 6.92 Å². The average molecular weight is 1350 g/mol. The molecular formula is C65H102O29. The topological polar surface area (TPSA) is 456 Å². The van der Waals surface area contributed by atoms with Gasteiger partial charge in [0.15, 0.2) is 43.2 Å². The molecule has 29 heteroatoms. The maximum absolute atomic E-state index is 15.9. The fourth-order valence-corrected chi connectivity index (χ4v) is 19.9. The molecule has 0 aromatic heterocycles. The number of rotatable bonds is 4. The zero-order valence-electron chi connectivity index (χ0n) is 55.1. The Morgan fingerprint density at radius 1 is 0.564 bits per heavy atom. The number of hydrogen-bond acceptors (Lipinski definition) is 29. The number of carbonyl (C=O) groups excluding carboxylic acids is 3. The number of hydrogen-bond donors (Lipinski definition) is 15. The minimum absolute atomic E-state index is 0.102. The van der Waals surface area contributed by atoms with Gasteiger partial charge in [-0.1, -0.05) is 67.0 Å². The van der Waals surface area contributed by atoms with E-state index in [1.807, 2.05) is 0 Å². The van der Waals surface area contributed by atoms with Gasteiger partial charge < -0.3 is 129 Å². The standard InChI is InChI=1S/C65H102O29/c1-27-45-47(90-51-42(79)36(73)30(70)23-84-51)44(81)53(86-27)91-48-37(74)31(71)24-85-54(48)94-56(82)65-17-15-57(2,3)25-62(65,8)34-12-14-64(10)61(7)20-29(69)50(59(5,26-67)33(61)11-13-63(64,9)60(34,6)16-18-65)93-55-49(40(77)38(75)32(22-66)87-55)92-52-43(80)39(76)41(78)46(89-52)28(68)19-58(4,83)21-35(72)88-45/h12,27,29-33,36-55,66-67,69-71,73-81,83H,11,13-26H2,1-10H3/t27-,29+,30-,31-,32-,33-,36+,37+,38-,39+,40+,41+,42-,43-,44-,45+,46+,47+,48-,49-,50+,51+,52+,53+,54+,55+,58+,59+,60-,61+,62+,63+,64-,65-/m1/s1. The average Bonchev–Trinajstić information content (AvgIpc) is 0.653. The van der Waals surface area contributed by atoms with Crippen LogP contribution in [0, 0.1) is 49.2 Å². The fourth-order valence-electron chi connectivity index (χ4n) is 19.9. The lowest BCUT2D eigenvalue weighted by Crippen LogP contribution is -2.73. The molecule has 29 nitrogen and oxygen atoms in total. The minimum atomic E-state index is -2.42. The van der Waals surface area contributed by atoms with Crippen molar-refractivity contribution in [2.75, 3.05) is 26.4 Å². The summed E-state index contributed by atoms with van der Waals surface area (Å²) in [7, 11) is 0. The van der Waals surface area contributed by atoms with Gasteiger partial charge in [0.2, 0.25) is 6.29 Å². The van der Waals surface area contributed by atoms with Gasteiger partial charge in [0.25, 0.3) is 0 Å². The molecule has 5 aliphatic carbocycles. The highest BCUT2D eigenvalue weighted by atomic mass is 16.8. The van der Waals surface area contributed by atoms with E-state index in [1.54, 1.807) is 6.92 Å². The molecule has 12 aliphatic heterocycles. The van der Waals surface area contributed by atoms with Crippen LogP contribution in [0.4, 0.5) is 0 Å². The third-order valence-electron chi connectivity index (χ3n) is 25.7. The van der Waals surface area contributed by atoms with Gasteiger partial charge in [-0.15, -0.1) is 0 Å². The normalized spacial score (nSPS) is 55.9. The summed E-state index contributed by atoms with van der Waals surface area (Å²) in [6.07, 6.45) is -42.2. The number of ether oxygens (including phenoxy) is 11. The highest BCUT2D eigenvalue weighted by Gasteiger charge is 2.77. The van der Waals surface area contributed by atoms with Crippen molar-refractivity contribution < 1.29 is 143 Å². The minimum Gasteiger partial charge on any atom is -0.457 e. The Hall–Kier alpha value is -2.61. The Morgan fingerprint density at radius 3 is 1.87 bits per heavy atom. The van der Waals surface area contributed by atoms with Gasteiger partial charge in [-0.3, -0.25) is 14.4 Å². The smallest absolute Gasteiger partial charge is 0.315 e.